The van der Waals surface area contributed by atoms with E-state index in [2.05, 4.69) is 39.7 Å². The third-order valence-electron chi connectivity index (χ3n) is 2.03. The van der Waals surface area contributed by atoms with E-state index < -0.39 is 0 Å². The van der Waals surface area contributed by atoms with Crippen molar-refractivity contribution in [2.24, 2.45) is 0 Å². The SMILES string of the molecule is COc1nccnc1C(C)CC(C)Br. The highest BCUT2D eigenvalue weighted by Crippen LogP contribution is 2.26. The van der Waals surface area contributed by atoms with Gasteiger partial charge in [0.1, 0.15) is 5.69 Å². The van der Waals surface area contributed by atoms with E-state index in [9.17, 15) is 0 Å². The summed E-state index contributed by atoms with van der Waals surface area (Å²) in [5, 5.41) is 0. The lowest BCUT2D eigenvalue weighted by Gasteiger charge is -2.14. The van der Waals surface area contributed by atoms with Gasteiger partial charge in [-0.2, -0.15) is 0 Å². The average molecular weight is 259 g/mol. The third kappa shape index (κ3) is 2.94. The molecule has 0 fully saturated rings. The van der Waals surface area contributed by atoms with Crippen molar-refractivity contribution in [1.82, 2.24) is 9.97 Å². The van der Waals surface area contributed by atoms with Gasteiger partial charge in [0.2, 0.25) is 5.88 Å². The lowest BCUT2D eigenvalue weighted by atomic mass is 10.0. The van der Waals surface area contributed by atoms with Gasteiger partial charge >= 0.3 is 0 Å². The molecule has 0 aliphatic rings. The molecule has 2 unspecified atom stereocenters. The average Bonchev–Trinajstić information content (AvgIpc) is 2.16. The molecule has 78 valence electrons. The van der Waals surface area contributed by atoms with Crippen LogP contribution in [0.5, 0.6) is 5.88 Å². The largest absolute Gasteiger partial charge is 0.480 e. The summed E-state index contributed by atoms with van der Waals surface area (Å²) in [4.78, 5) is 8.90. The molecule has 0 saturated heterocycles. The van der Waals surface area contributed by atoms with E-state index in [0.29, 0.717) is 16.6 Å². The fourth-order valence-corrected chi connectivity index (χ4v) is 1.99. The molecule has 0 saturated carbocycles. The van der Waals surface area contributed by atoms with Gasteiger partial charge in [0.05, 0.1) is 7.11 Å². The predicted octanol–water partition coefficient (Wildman–Crippen LogP) is 2.76. The van der Waals surface area contributed by atoms with Crippen LogP contribution >= 0.6 is 15.9 Å². The lowest BCUT2D eigenvalue weighted by molar-refractivity contribution is 0.384. The Morgan fingerprint density at radius 3 is 2.57 bits per heavy atom. The van der Waals surface area contributed by atoms with Gasteiger partial charge in [-0.1, -0.05) is 29.8 Å². The Balaban J connectivity index is 2.82. The van der Waals surface area contributed by atoms with E-state index in [4.69, 9.17) is 4.74 Å². The Labute approximate surface area is 93.0 Å². The van der Waals surface area contributed by atoms with Gasteiger partial charge in [0.15, 0.2) is 0 Å². The summed E-state index contributed by atoms with van der Waals surface area (Å²) in [5.74, 6) is 0.987. The van der Waals surface area contributed by atoms with Gasteiger partial charge in [-0.05, 0) is 6.42 Å². The Hall–Kier alpha value is -0.640. The first-order chi connectivity index (χ1) is 6.65. The highest BCUT2D eigenvalue weighted by atomic mass is 79.9. The van der Waals surface area contributed by atoms with Gasteiger partial charge in [-0.3, -0.25) is 4.98 Å². The van der Waals surface area contributed by atoms with Gasteiger partial charge < -0.3 is 4.74 Å². The van der Waals surface area contributed by atoms with Crippen molar-refractivity contribution < 1.29 is 4.74 Å². The predicted molar refractivity (Wildman–Crippen MR) is 60.0 cm³/mol. The number of ether oxygens (including phenoxy) is 1. The molecule has 14 heavy (non-hydrogen) atoms. The van der Waals surface area contributed by atoms with E-state index in [1.807, 2.05) is 0 Å². The second-order valence-corrected chi connectivity index (χ2v) is 4.93. The summed E-state index contributed by atoms with van der Waals surface area (Å²) in [5.41, 5.74) is 0.932. The van der Waals surface area contributed by atoms with Crippen LogP contribution in [-0.4, -0.2) is 21.9 Å². The summed E-state index contributed by atoms with van der Waals surface area (Å²) in [6, 6.07) is 0. The molecule has 0 amide bonds. The number of alkyl halides is 1. The van der Waals surface area contributed by atoms with E-state index in [1.54, 1.807) is 19.5 Å². The Kier molecular flexibility index (Phi) is 4.32. The van der Waals surface area contributed by atoms with Crippen LogP contribution in [0.4, 0.5) is 0 Å². The first kappa shape index (κ1) is 11.4. The minimum Gasteiger partial charge on any atom is -0.480 e. The van der Waals surface area contributed by atoms with Crippen molar-refractivity contribution in [2.75, 3.05) is 7.11 Å². The Morgan fingerprint density at radius 2 is 2.00 bits per heavy atom. The summed E-state index contributed by atoms with van der Waals surface area (Å²) < 4.78 is 5.16. The molecule has 1 aromatic heterocycles. The van der Waals surface area contributed by atoms with Crippen LogP contribution in [0.3, 0.4) is 0 Å². The number of nitrogens with zero attached hydrogens (tertiary/aromatic N) is 2. The van der Waals surface area contributed by atoms with Gasteiger partial charge in [0.25, 0.3) is 0 Å². The van der Waals surface area contributed by atoms with Crippen molar-refractivity contribution in [2.45, 2.75) is 31.0 Å². The molecule has 4 heteroatoms. The number of hydrogen-bond donors (Lipinski definition) is 0. The van der Waals surface area contributed by atoms with Crippen molar-refractivity contribution in [3.05, 3.63) is 18.1 Å². The van der Waals surface area contributed by atoms with E-state index >= 15 is 0 Å². The van der Waals surface area contributed by atoms with Crippen molar-refractivity contribution >= 4 is 15.9 Å². The first-order valence-electron chi connectivity index (χ1n) is 4.64. The smallest absolute Gasteiger partial charge is 0.235 e. The molecule has 0 aliphatic carbocycles. The molecule has 1 aromatic rings. The number of hydrogen-bond acceptors (Lipinski definition) is 3. The molecule has 1 rings (SSSR count). The normalized spacial score (nSPS) is 14.9. The Bertz CT molecular complexity index is 291. The fourth-order valence-electron chi connectivity index (χ4n) is 1.43. The quantitative estimate of drug-likeness (QED) is 0.780. The number of aromatic nitrogens is 2. The third-order valence-corrected chi connectivity index (χ3v) is 2.40. The zero-order valence-electron chi connectivity index (χ0n) is 8.70. The molecule has 0 radical (unpaired) electrons. The topological polar surface area (TPSA) is 35.0 Å². The molecule has 0 N–H and O–H groups in total. The molecule has 3 nitrogen and oxygen atoms in total. The van der Waals surface area contributed by atoms with Crippen LogP contribution < -0.4 is 4.74 Å². The van der Waals surface area contributed by atoms with Crippen LogP contribution in [0.25, 0.3) is 0 Å². The van der Waals surface area contributed by atoms with Crippen molar-refractivity contribution in [1.29, 1.82) is 0 Å². The maximum absolute atomic E-state index is 5.16. The highest BCUT2D eigenvalue weighted by molar-refractivity contribution is 9.09. The number of halogens is 1. The molecular weight excluding hydrogens is 244 g/mol. The molecular formula is C10H15BrN2O. The molecule has 0 spiro atoms. The minimum atomic E-state index is 0.355. The van der Waals surface area contributed by atoms with E-state index in [0.717, 1.165) is 12.1 Å². The van der Waals surface area contributed by atoms with Gasteiger partial charge in [-0.25, -0.2) is 4.98 Å². The molecule has 0 aliphatic heterocycles. The van der Waals surface area contributed by atoms with E-state index in [1.165, 1.54) is 0 Å². The van der Waals surface area contributed by atoms with E-state index in [-0.39, 0.29) is 0 Å². The Morgan fingerprint density at radius 1 is 1.36 bits per heavy atom. The van der Waals surface area contributed by atoms with Crippen molar-refractivity contribution in [3.8, 4) is 5.88 Å². The maximum atomic E-state index is 5.16. The molecule has 2 atom stereocenters. The number of methoxy groups -OCH3 is 1. The van der Waals surface area contributed by atoms with Gasteiger partial charge in [-0.15, -0.1) is 0 Å². The highest BCUT2D eigenvalue weighted by Gasteiger charge is 2.15. The monoisotopic (exact) mass is 258 g/mol. The van der Waals surface area contributed by atoms with Crippen LogP contribution in [0, 0.1) is 0 Å². The first-order valence-corrected chi connectivity index (χ1v) is 5.55. The second-order valence-electron chi connectivity index (χ2n) is 3.37. The van der Waals surface area contributed by atoms with Crippen molar-refractivity contribution in [3.63, 3.8) is 0 Å². The fraction of sp³-hybridized carbons (Fsp3) is 0.600. The standard InChI is InChI=1S/C10H15BrN2O/c1-7(6-8(2)11)9-10(14-3)13-5-4-12-9/h4-5,7-8H,6H2,1-3H3. The molecule has 1 heterocycles. The summed E-state index contributed by atoms with van der Waals surface area (Å²) in [7, 11) is 1.62. The zero-order valence-corrected chi connectivity index (χ0v) is 10.3. The van der Waals surface area contributed by atoms with Crippen LogP contribution in [-0.2, 0) is 0 Å². The van der Waals surface area contributed by atoms with Crippen LogP contribution in [0.2, 0.25) is 0 Å². The maximum Gasteiger partial charge on any atom is 0.235 e. The molecule has 0 aromatic carbocycles. The zero-order chi connectivity index (χ0) is 10.6. The van der Waals surface area contributed by atoms with Crippen LogP contribution in [0.15, 0.2) is 12.4 Å². The van der Waals surface area contributed by atoms with Crippen LogP contribution in [0.1, 0.15) is 31.9 Å². The van der Waals surface area contributed by atoms with Gasteiger partial charge in [0, 0.05) is 23.1 Å². The lowest BCUT2D eigenvalue weighted by Crippen LogP contribution is -2.05. The molecule has 0 bridgehead atoms. The number of rotatable bonds is 4. The second kappa shape index (κ2) is 5.29. The summed E-state index contributed by atoms with van der Waals surface area (Å²) in [6.45, 7) is 4.25. The summed E-state index contributed by atoms with van der Waals surface area (Å²) >= 11 is 3.53. The minimum absolute atomic E-state index is 0.355. The summed E-state index contributed by atoms with van der Waals surface area (Å²) in [6.07, 6.45) is 4.37.